The number of carbonyl (C=O) groups is 1. The highest BCUT2D eigenvalue weighted by Gasteiger charge is 2.11. The molecule has 1 aromatic heterocycles. The van der Waals surface area contributed by atoms with Gasteiger partial charge in [0.05, 0.1) is 5.75 Å². The minimum Gasteiger partial charge on any atom is -0.481 e. The van der Waals surface area contributed by atoms with E-state index in [0.717, 1.165) is 5.82 Å². The van der Waals surface area contributed by atoms with Crippen LogP contribution in [0.5, 0.6) is 0 Å². The smallest absolute Gasteiger partial charge is 0.313 e. The monoisotopic (exact) mass is 277 g/mol. The number of carboxylic acids is 1. The summed E-state index contributed by atoms with van der Waals surface area (Å²) in [6, 6.07) is 8.22. The minimum atomic E-state index is -0.853. The van der Waals surface area contributed by atoms with Gasteiger partial charge in [-0.25, -0.2) is 0 Å². The fourth-order valence-electron chi connectivity index (χ4n) is 1.76. The van der Waals surface area contributed by atoms with Crippen molar-refractivity contribution in [1.82, 2.24) is 14.8 Å². The Morgan fingerprint density at radius 1 is 1.42 bits per heavy atom. The van der Waals surface area contributed by atoms with Crippen LogP contribution in [0.3, 0.4) is 0 Å². The Hall–Kier alpha value is -1.82. The Morgan fingerprint density at radius 3 is 2.89 bits per heavy atom. The molecule has 0 saturated heterocycles. The van der Waals surface area contributed by atoms with Crippen LogP contribution in [0.1, 0.15) is 17.0 Å². The molecule has 0 bridgehead atoms. The highest BCUT2D eigenvalue weighted by Crippen LogP contribution is 2.17. The second-order valence-electron chi connectivity index (χ2n) is 4.31. The fraction of sp³-hybridized carbons (Fsp3) is 0.308. The van der Waals surface area contributed by atoms with Gasteiger partial charge >= 0.3 is 5.97 Å². The molecule has 0 unspecified atom stereocenters. The number of hydrogen-bond donors (Lipinski definition) is 1. The molecule has 2 aromatic rings. The number of hydrogen-bond acceptors (Lipinski definition) is 4. The van der Waals surface area contributed by atoms with Crippen LogP contribution in [-0.2, 0) is 18.3 Å². The van der Waals surface area contributed by atoms with Crippen LogP contribution in [0, 0.1) is 6.92 Å². The van der Waals surface area contributed by atoms with Crippen molar-refractivity contribution in [3.8, 4) is 0 Å². The number of aryl methyl sites for hydroxylation is 1. The number of benzene rings is 1. The Morgan fingerprint density at radius 2 is 2.21 bits per heavy atom. The van der Waals surface area contributed by atoms with E-state index in [0.29, 0.717) is 11.6 Å². The van der Waals surface area contributed by atoms with Crippen molar-refractivity contribution in [3.05, 3.63) is 41.2 Å². The van der Waals surface area contributed by atoms with Crippen LogP contribution in [-0.4, -0.2) is 31.6 Å². The molecule has 0 aliphatic carbocycles. The van der Waals surface area contributed by atoms with Crippen molar-refractivity contribution in [3.63, 3.8) is 0 Å². The summed E-state index contributed by atoms with van der Waals surface area (Å²) in [5.74, 6) is -0.0251. The molecule has 19 heavy (non-hydrogen) atoms. The third kappa shape index (κ3) is 3.57. The summed E-state index contributed by atoms with van der Waals surface area (Å²) in [6.45, 7) is 2.05. The van der Waals surface area contributed by atoms with Gasteiger partial charge in [-0.3, -0.25) is 4.79 Å². The predicted molar refractivity (Wildman–Crippen MR) is 73.3 cm³/mol. The van der Waals surface area contributed by atoms with Gasteiger partial charge in [0.15, 0.2) is 5.16 Å². The van der Waals surface area contributed by atoms with Gasteiger partial charge in [-0.15, -0.1) is 10.2 Å². The van der Waals surface area contributed by atoms with Crippen molar-refractivity contribution < 1.29 is 9.90 Å². The first-order valence-corrected chi connectivity index (χ1v) is 6.83. The first kappa shape index (κ1) is 13.6. The Bertz CT molecular complexity index is 595. The maximum absolute atomic E-state index is 10.5. The molecule has 0 radical (unpaired) electrons. The number of rotatable bonds is 5. The summed E-state index contributed by atoms with van der Waals surface area (Å²) in [7, 11) is 1.86. The van der Waals surface area contributed by atoms with E-state index in [9.17, 15) is 4.79 Å². The largest absolute Gasteiger partial charge is 0.481 e. The van der Waals surface area contributed by atoms with Gasteiger partial charge in [-0.05, 0) is 12.5 Å². The quantitative estimate of drug-likeness (QED) is 0.845. The third-order valence-corrected chi connectivity index (χ3v) is 3.70. The molecule has 100 valence electrons. The van der Waals surface area contributed by atoms with Crippen LogP contribution in [0.2, 0.25) is 0 Å². The highest BCUT2D eigenvalue weighted by molar-refractivity contribution is 7.99. The van der Waals surface area contributed by atoms with E-state index in [4.69, 9.17) is 5.11 Å². The Balaban J connectivity index is 2.11. The Labute approximate surface area is 115 Å². The van der Waals surface area contributed by atoms with E-state index in [-0.39, 0.29) is 5.75 Å². The molecule has 6 heteroatoms. The van der Waals surface area contributed by atoms with Gasteiger partial charge in [-0.2, -0.15) is 0 Å². The summed E-state index contributed by atoms with van der Waals surface area (Å²) >= 11 is 1.18. The van der Waals surface area contributed by atoms with Crippen molar-refractivity contribution in [2.75, 3.05) is 5.75 Å². The van der Waals surface area contributed by atoms with Crippen LogP contribution in [0.25, 0.3) is 0 Å². The van der Waals surface area contributed by atoms with Gasteiger partial charge in [-0.1, -0.05) is 41.6 Å². The standard InChI is InChI=1S/C13H15N3O2S/c1-9-4-3-5-10(6-9)7-11-14-15-13(16(11)2)19-8-12(17)18/h3-6H,7-8H2,1-2H3,(H,17,18). The van der Waals surface area contributed by atoms with E-state index < -0.39 is 5.97 Å². The molecule has 1 heterocycles. The van der Waals surface area contributed by atoms with E-state index in [2.05, 4.69) is 16.3 Å². The topological polar surface area (TPSA) is 68.0 Å². The maximum atomic E-state index is 10.5. The molecular formula is C13H15N3O2S. The van der Waals surface area contributed by atoms with Gasteiger partial charge < -0.3 is 9.67 Å². The zero-order valence-corrected chi connectivity index (χ0v) is 11.6. The van der Waals surface area contributed by atoms with Gasteiger partial charge in [0.1, 0.15) is 5.82 Å². The Kier molecular flexibility index (Phi) is 4.21. The molecule has 1 aromatic carbocycles. The molecule has 0 fully saturated rings. The second kappa shape index (κ2) is 5.88. The summed E-state index contributed by atoms with van der Waals surface area (Å²) in [4.78, 5) is 10.5. The molecule has 0 aliphatic heterocycles. The molecule has 0 atom stereocenters. The molecule has 0 saturated carbocycles. The maximum Gasteiger partial charge on any atom is 0.313 e. The van der Waals surface area contributed by atoms with E-state index in [1.165, 1.54) is 22.9 Å². The summed E-state index contributed by atoms with van der Waals surface area (Å²) in [5, 5.41) is 17.4. The molecule has 0 aliphatic rings. The highest BCUT2D eigenvalue weighted by atomic mass is 32.2. The lowest BCUT2D eigenvalue weighted by Gasteiger charge is -2.04. The fourth-order valence-corrected chi connectivity index (χ4v) is 2.41. The lowest BCUT2D eigenvalue weighted by molar-refractivity contribution is -0.133. The van der Waals surface area contributed by atoms with Crippen molar-refractivity contribution in [2.45, 2.75) is 18.5 Å². The number of thioether (sulfide) groups is 1. The van der Waals surface area contributed by atoms with Crippen molar-refractivity contribution in [1.29, 1.82) is 0 Å². The van der Waals surface area contributed by atoms with E-state index in [1.807, 2.05) is 36.7 Å². The van der Waals surface area contributed by atoms with Crippen LogP contribution in [0.15, 0.2) is 29.4 Å². The minimum absolute atomic E-state index is 0.00355. The van der Waals surface area contributed by atoms with E-state index in [1.54, 1.807) is 0 Å². The van der Waals surface area contributed by atoms with Crippen molar-refractivity contribution >= 4 is 17.7 Å². The number of aromatic nitrogens is 3. The normalized spacial score (nSPS) is 10.6. The van der Waals surface area contributed by atoms with Crippen molar-refractivity contribution in [2.24, 2.45) is 7.05 Å². The SMILES string of the molecule is Cc1cccc(Cc2nnc(SCC(=O)O)n2C)c1. The number of carboxylic acid groups (broad SMARTS) is 1. The first-order chi connectivity index (χ1) is 9.06. The number of aliphatic carboxylic acids is 1. The summed E-state index contributed by atoms with van der Waals surface area (Å²) < 4.78 is 1.84. The third-order valence-electron chi connectivity index (χ3n) is 2.69. The van der Waals surface area contributed by atoms with Gasteiger partial charge in [0.2, 0.25) is 0 Å². The van der Waals surface area contributed by atoms with Crippen LogP contribution >= 0.6 is 11.8 Å². The first-order valence-electron chi connectivity index (χ1n) is 5.84. The molecular weight excluding hydrogens is 262 g/mol. The van der Waals surface area contributed by atoms with Crippen LogP contribution < -0.4 is 0 Å². The summed E-state index contributed by atoms with van der Waals surface area (Å²) in [5.41, 5.74) is 2.38. The zero-order valence-electron chi connectivity index (χ0n) is 10.8. The zero-order chi connectivity index (χ0) is 13.8. The number of nitrogens with zero attached hydrogens (tertiary/aromatic N) is 3. The molecule has 1 N–H and O–H groups in total. The molecule has 5 nitrogen and oxygen atoms in total. The molecule has 0 amide bonds. The second-order valence-corrected chi connectivity index (χ2v) is 5.25. The molecule has 0 spiro atoms. The van der Waals surface area contributed by atoms with Crippen LogP contribution in [0.4, 0.5) is 0 Å². The lowest BCUT2D eigenvalue weighted by Crippen LogP contribution is -2.03. The average Bonchev–Trinajstić information content (AvgIpc) is 2.68. The lowest BCUT2D eigenvalue weighted by atomic mass is 10.1. The van der Waals surface area contributed by atoms with E-state index >= 15 is 0 Å². The van der Waals surface area contributed by atoms with Gasteiger partial charge in [0.25, 0.3) is 0 Å². The summed E-state index contributed by atoms with van der Waals surface area (Å²) in [6.07, 6.45) is 0.693. The predicted octanol–water partition coefficient (Wildman–Crippen LogP) is 1.89. The average molecular weight is 277 g/mol. The molecule has 2 rings (SSSR count). The van der Waals surface area contributed by atoms with Gasteiger partial charge in [0, 0.05) is 13.5 Å².